The van der Waals surface area contributed by atoms with Crippen LogP contribution in [0.4, 0.5) is 0 Å². The Morgan fingerprint density at radius 3 is 2.47 bits per heavy atom. The van der Waals surface area contributed by atoms with Gasteiger partial charge in [-0.15, -0.1) is 0 Å². The third-order valence-corrected chi connectivity index (χ3v) is 7.37. The Balaban J connectivity index is 2.86. The normalized spacial score (nSPS) is 14.3. The van der Waals surface area contributed by atoms with Gasteiger partial charge in [0.25, 0.3) is 0 Å². The first kappa shape index (κ1) is 12.7. The fourth-order valence-corrected chi connectivity index (χ4v) is 4.31. The largest absolute Gasteiger partial charge is 0.458 e. The lowest BCUT2D eigenvalue weighted by Gasteiger charge is -2.15. The predicted molar refractivity (Wildman–Crippen MR) is 69.2 cm³/mol. The molecule has 1 aromatic rings. The zero-order valence-electron chi connectivity index (χ0n) is 8.35. The van der Waals surface area contributed by atoms with Gasteiger partial charge in [-0.1, -0.05) is 52.9 Å². The smallest absolute Gasteiger partial charge is 0.303 e. The monoisotopic (exact) mass is 338 g/mol. The number of carbonyl (C=O) groups excluding carboxylic acids is 1. The van der Waals surface area contributed by atoms with Crippen molar-refractivity contribution in [2.24, 2.45) is 0 Å². The number of esters is 1. The van der Waals surface area contributed by atoms with Crippen molar-refractivity contribution in [3.8, 4) is 0 Å². The zero-order chi connectivity index (χ0) is 11.3. The Labute approximate surface area is 103 Å². The molecule has 1 atom stereocenters. The number of ether oxygens (including phenoxy) is 1. The van der Waals surface area contributed by atoms with E-state index in [1.165, 1.54) is 6.92 Å². The standard InChI is InChI=1S/C10H12IO3P/c1-9(12)14-8-15(13,7-11)10-5-3-2-4-6-10/h2-6H,7-8H2,1H3. The highest BCUT2D eigenvalue weighted by molar-refractivity contribution is 14.1. The summed E-state index contributed by atoms with van der Waals surface area (Å²) in [6.45, 7) is 1.32. The minimum Gasteiger partial charge on any atom is -0.458 e. The Morgan fingerprint density at radius 1 is 1.40 bits per heavy atom. The molecule has 0 saturated heterocycles. The second-order valence-corrected chi connectivity index (χ2v) is 7.95. The molecule has 1 unspecified atom stereocenters. The van der Waals surface area contributed by atoms with E-state index >= 15 is 0 Å². The number of hydrogen-bond acceptors (Lipinski definition) is 3. The Kier molecular flexibility index (Phi) is 4.80. The van der Waals surface area contributed by atoms with Crippen LogP contribution in [-0.2, 0) is 14.1 Å². The van der Waals surface area contributed by atoms with E-state index < -0.39 is 13.1 Å². The van der Waals surface area contributed by atoms with E-state index in [0.717, 1.165) is 5.30 Å². The van der Waals surface area contributed by atoms with Gasteiger partial charge in [0.2, 0.25) is 0 Å². The summed E-state index contributed by atoms with van der Waals surface area (Å²) in [4.78, 5) is 10.7. The summed E-state index contributed by atoms with van der Waals surface area (Å²) < 4.78 is 17.7. The Morgan fingerprint density at radius 2 is 2.00 bits per heavy atom. The van der Waals surface area contributed by atoms with E-state index in [1.54, 1.807) is 0 Å². The number of alkyl halides is 1. The van der Waals surface area contributed by atoms with Crippen LogP contribution in [0, 0.1) is 0 Å². The molecule has 0 spiro atoms. The second-order valence-electron chi connectivity index (χ2n) is 3.11. The topological polar surface area (TPSA) is 43.4 Å². The highest BCUT2D eigenvalue weighted by Crippen LogP contribution is 2.46. The average molecular weight is 338 g/mol. The molecule has 0 aliphatic rings. The van der Waals surface area contributed by atoms with Crippen LogP contribution in [-0.4, -0.2) is 16.5 Å². The van der Waals surface area contributed by atoms with Crippen LogP contribution in [0.5, 0.6) is 0 Å². The molecule has 0 fully saturated rings. The molecule has 1 rings (SSSR count). The van der Waals surface area contributed by atoms with Crippen molar-refractivity contribution in [1.82, 2.24) is 0 Å². The van der Waals surface area contributed by atoms with Crippen molar-refractivity contribution in [1.29, 1.82) is 0 Å². The van der Waals surface area contributed by atoms with E-state index in [4.69, 9.17) is 4.74 Å². The van der Waals surface area contributed by atoms with Crippen LogP contribution in [0.2, 0.25) is 0 Å². The van der Waals surface area contributed by atoms with Crippen molar-refractivity contribution < 1.29 is 14.1 Å². The van der Waals surface area contributed by atoms with Gasteiger partial charge in [-0.2, -0.15) is 0 Å². The fourth-order valence-electron chi connectivity index (χ4n) is 1.07. The highest BCUT2D eigenvalue weighted by Gasteiger charge is 2.24. The highest BCUT2D eigenvalue weighted by atomic mass is 127. The molecular formula is C10H12IO3P. The molecule has 0 amide bonds. The number of benzene rings is 1. The number of rotatable bonds is 4. The lowest BCUT2D eigenvalue weighted by molar-refractivity contribution is -0.138. The maximum absolute atomic E-state index is 12.4. The van der Waals surface area contributed by atoms with Gasteiger partial charge in [-0.25, -0.2) is 0 Å². The van der Waals surface area contributed by atoms with Crippen molar-refractivity contribution in [2.45, 2.75) is 6.92 Å². The SMILES string of the molecule is CC(=O)OCP(=O)(CI)c1ccccc1. The van der Waals surface area contributed by atoms with Gasteiger partial charge in [0.05, 0.1) is 4.17 Å². The summed E-state index contributed by atoms with van der Waals surface area (Å²) in [6.07, 6.45) is -0.00468. The molecule has 1 aromatic carbocycles. The fraction of sp³-hybridized carbons (Fsp3) is 0.300. The number of halogens is 1. The summed E-state index contributed by atoms with van der Waals surface area (Å²) in [6, 6.07) is 9.16. The van der Waals surface area contributed by atoms with Gasteiger partial charge >= 0.3 is 5.97 Å². The molecule has 0 aliphatic carbocycles. The average Bonchev–Trinajstić information content (AvgIpc) is 2.27. The first-order valence-corrected chi connectivity index (χ1v) is 8.02. The Hall–Kier alpha value is -0.350. The quantitative estimate of drug-likeness (QED) is 0.367. The minimum atomic E-state index is -2.56. The first-order chi connectivity index (χ1) is 7.08. The second kappa shape index (κ2) is 5.66. The maximum atomic E-state index is 12.4. The van der Waals surface area contributed by atoms with Crippen LogP contribution < -0.4 is 5.30 Å². The van der Waals surface area contributed by atoms with Crippen LogP contribution in [0.15, 0.2) is 30.3 Å². The van der Waals surface area contributed by atoms with Gasteiger partial charge in [0, 0.05) is 12.2 Å². The maximum Gasteiger partial charge on any atom is 0.303 e. The van der Waals surface area contributed by atoms with Gasteiger partial charge in [0.15, 0.2) is 7.14 Å². The number of hydrogen-bond donors (Lipinski definition) is 0. The molecule has 15 heavy (non-hydrogen) atoms. The van der Waals surface area contributed by atoms with E-state index in [2.05, 4.69) is 22.6 Å². The molecule has 3 nitrogen and oxygen atoms in total. The predicted octanol–water partition coefficient (Wildman–Crippen LogP) is 2.59. The lowest BCUT2D eigenvalue weighted by atomic mass is 10.4. The zero-order valence-corrected chi connectivity index (χ0v) is 11.4. The molecule has 0 aliphatic heterocycles. The molecule has 5 heteroatoms. The molecule has 0 saturated carbocycles. The van der Waals surface area contributed by atoms with Crippen molar-refractivity contribution in [2.75, 3.05) is 10.5 Å². The van der Waals surface area contributed by atoms with Gasteiger partial charge in [-0.05, 0) is 0 Å². The first-order valence-electron chi connectivity index (χ1n) is 4.41. The lowest BCUT2D eigenvalue weighted by Crippen LogP contribution is -2.12. The van der Waals surface area contributed by atoms with Gasteiger partial charge < -0.3 is 9.30 Å². The summed E-state index contributed by atoms with van der Waals surface area (Å²) in [5.41, 5.74) is 0. The third kappa shape index (κ3) is 3.61. The van der Waals surface area contributed by atoms with E-state index in [1.807, 2.05) is 30.3 Å². The number of carbonyl (C=O) groups is 1. The third-order valence-electron chi connectivity index (χ3n) is 1.90. The minimum absolute atomic E-state index is 0.00468. The summed E-state index contributed by atoms with van der Waals surface area (Å²) in [5.74, 6) is -0.393. The van der Waals surface area contributed by atoms with Crippen LogP contribution in [0.3, 0.4) is 0 Å². The van der Waals surface area contributed by atoms with E-state index in [0.29, 0.717) is 4.17 Å². The Bertz CT molecular complexity index is 378. The molecular weight excluding hydrogens is 326 g/mol. The molecule has 82 valence electrons. The van der Waals surface area contributed by atoms with Crippen molar-refractivity contribution in [3.05, 3.63) is 30.3 Å². The summed E-state index contributed by atoms with van der Waals surface area (Å²) >= 11 is 2.06. The summed E-state index contributed by atoms with van der Waals surface area (Å²) in [7, 11) is -2.56. The van der Waals surface area contributed by atoms with E-state index in [-0.39, 0.29) is 6.35 Å². The molecule has 0 heterocycles. The molecule has 0 bridgehead atoms. The van der Waals surface area contributed by atoms with E-state index in [9.17, 15) is 9.36 Å². The summed E-state index contributed by atoms with van der Waals surface area (Å²) in [5, 5.41) is 0.764. The van der Waals surface area contributed by atoms with Gasteiger partial charge in [-0.3, -0.25) is 4.79 Å². The van der Waals surface area contributed by atoms with Crippen LogP contribution >= 0.6 is 29.7 Å². The molecule has 0 radical (unpaired) electrons. The van der Waals surface area contributed by atoms with Crippen molar-refractivity contribution >= 4 is 41.0 Å². The molecule has 0 N–H and O–H groups in total. The van der Waals surface area contributed by atoms with Gasteiger partial charge in [0.1, 0.15) is 6.35 Å². The van der Waals surface area contributed by atoms with Crippen LogP contribution in [0.25, 0.3) is 0 Å². The van der Waals surface area contributed by atoms with Crippen LogP contribution in [0.1, 0.15) is 6.92 Å². The molecule has 0 aromatic heterocycles. The van der Waals surface area contributed by atoms with Crippen molar-refractivity contribution in [3.63, 3.8) is 0 Å².